The van der Waals surface area contributed by atoms with Gasteiger partial charge in [0.05, 0.1) is 10.8 Å². The molecule has 1 saturated carbocycles. The van der Waals surface area contributed by atoms with Gasteiger partial charge in [0.2, 0.25) is 27.6 Å². The number of carbonyl (C=O) groups is 5. The molecule has 296 valence electrons. The molecule has 2 fully saturated rings. The van der Waals surface area contributed by atoms with Crippen molar-refractivity contribution in [3.05, 3.63) is 35.4 Å². The second-order valence-corrected chi connectivity index (χ2v) is 20.6. The SMILES string of the molecule is CC(C)C1CCN(C(=O)[C@@H](NC(=O)N[C@H](CN(C)S(=O)(=O)C(C)(C)C)C(C)(C)C)C2Cc3ccccc3C2)[C@@H]1C(=O)NC(CC1CCC1)C(=O)C(N)=O. The Bertz CT molecular complexity index is 1620. The summed E-state index contributed by atoms with van der Waals surface area (Å²) in [6.45, 7) is 14.9. The second-order valence-electron chi connectivity index (χ2n) is 17.8. The normalized spacial score (nSPS) is 21.5. The molecule has 0 radical (unpaired) electrons. The van der Waals surface area contributed by atoms with E-state index in [-0.39, 0.29) is 36.8 Å². The zero-order chi connectivity index (χ0) is 39.6. The van der Waals surface area contributed by atoms with Crippen LogP contribution in [0.1, 0.15) is 98.6 Å². The van der Waals surface area contributed by atoms with Gasteiger partial charge in [-0.15, -0.1) is 0 Å². The highest BCUT2D eigenvalue weighted by atomic mass is 32.2. The van der Waals surface area contributed by atoms with Crippen LogP contribution in [0.2, 0.25) is 0 Å². The number of likely N-dealkylation sites (N-methyl/N-ethyl adjacent to an activating group) is 1. The third-order valence-electron chi connectivity index (χ3n) is 11.6. The van der Waals surface area contributed by atoms with Gasteiger partial charge in [-0.2, -0.15) is 0 Å². The quantitative estimate of drug-likeness (QED) is 0.210. The minimum atomic E-state index is -3.69. The Morgan fingerprint density at radius 3 is 1.98 bits per heavy atom. The van der Waals surface area contributed by atoms with Crippen LogP contribution in [0.25, 0.3) is 0 Å². The highest BCUT2D eigenvalue weighted by molar-refractivity contribution is 7.90. The summed E-state index contributed by atoms with van der Waals surface area (Å²) in [7, 11) is -2.20. The van der Waals surface area contributed by atoms with Crippen LogP contribution in [0.3, 0.4) is 0 Å². The molecule has 2 unspecified atom stereocenters. The number of sulfonamides is 1. The Hall–Kier alpha value is -3.52. The molecule has 53 heavy (non-hydrogen) atoms. The Morgan fingerprint density at radius 2 is 1.51 bits per heavy atom. The number of hydrogen-bond acceptors (Lipinski definition) is 7. The van der Waals surface area contributed by atoms with E-state index in [1.807, 2.05) is 58.9 Å². The van der Waals surface area contributed by atoms with Gasteiger partial charge in [-0.3, -0.25) is 19.2 Å². The largest absolute Gasteiger partial charge is 0.363 e. The van der Waals surface area contributed by atoms with Crippen molar-refractivity contribution in [1.82, 2.24) is 25.2 Å². The minimum Gasteiger partial charge on any atom is -0.363 e. The first kappa shape index (κ1) is 42.2. The van der Waals surface area contributed by atoms with Crippen LogP contribution in [0.15, 0.2) is 24.3 Å². The number of carbonyl (C=O) groups excluding carboxylic acids is 5. The van der Waals surface area contributed by atoms with E-state index in [2.05, 4.69) is 16.0 Å². The van der Waals surface area contributed by atoms with Gasteiger partial charge in [0.15, 0.2) is 0 Å². The van der Waals surface area contributed by atoms with Crippen molar-refractivity contribution in [2.75, 3.05) is 20.1 Å². The lowest BCUT2D eigenvalue weighted by Crippen LogP contribution is -2.61. The number of benzene rings is 1. The number of Topliss-reactive ketones (excluding diaryl/α,β-unsaturated/α-hetero) is 1. The van der Waals surface area contributed by atoms with Crippen LogP contribution >= 0.6 is 0 Å². The topological polar surface area (TPSA) is 188 Å². The third kappa shape index (κ3) is 9.78. The van der Waals surface area contributed by atoms with Crippen LogP contribution in [0, 0.1) is 29.1 Å². The molecule has 1 aromatic carbocycles. The van der Waals surface area contributed by atoms with Gasteiger partial charge in [-0.05, 0) is 86.7 Å². The predicted molar refractivity (Wildman–Crippen MR) is 204 cm³/mol. The first-order valence-corrected chi connectivity index (χ1v) is 20.5. The summed E-state index contributed by atoms with van der Waals surface area (Å²) in [6.07, 6.45) is 4.76. The number of fused-ring (bicyclic) bond motifs is 1. The number of rotatable bonds is 14. The lowest BCUT2D eigenvalue weighted by molar-refractivity contribution is -0.144. The van der Waals surface area contributed by atoms with Crippen LogP contribution in [-0.4, -0.2) is 96.2 Å². The van der Waals surface area contributed by atoms with Crippen molar-refractivity contribution in [3.63, 3.8) is 0 Å². The van der Waals surface area contributed by atoms with E-state index in [0.717, 1.165) is 30.4 Å². The van der Waals surface area contributed by atoms with E-state index in [1.54, 1.807) is 20.8 Å². The summed E-state index contributed by atoms with van der Waals surface area (Å²) >= 11 is 0. The molecule has 1 aromatic rings. The molecule has 0 spiro atoms. The van der Waals surface area contributed by atoms with Crippen LogP contribution in [0.5, 0.6) is 0 Å². The number of likely N-dealkylation sites (tertiary alicyclic amines) is 1. The summed E-state index contributed by atoms with van der Waals surface area (Å²) in [6, 6.07) is 3.65. The number of amides is 5. The molecule has 3 aliphatic rings. The second kappa shape index (κ2) is 16.5. The highest BCUT2D eigenvalue weighted by Gasteiger charge is 2.48. The molecule has 5 N–H and O–H groups in total. The molecule has 2 aliphatic carbocycles. The van der Waals surface area contributed by atoms with Crippen LogP contribution in [0.4, 0.5) is 4.79 Å². The van der Waals surface area contributed by atoms with E-state index in [0.29, 0.717) is 25.7 Å². The van der Waals surface area contributed by atoms with E-state index in [9.17, 15) is 32.4 Å². The molecule has 0 aromatic heterocycles. The van der Waals surface area contributed by atoms with Crippen molar-refractivity contribution >= 4 is 39.6 Å². The third-order valence-corrected chi connectivity index (χ3v) is 14.1. The number of nitrogens with one attached hydrogen (secondary N) is 3. The smallest absolute Gasteiger partial charge is 0.315 e. The molecule has 4 rings (SSSR count). The van der Waals surface area contributed by atoms with Crippen molar-refractivity contribution < 1.29 is 32.4 Å². The van der Waals surface area contributed by atoms with Gasteiger partial charge in [0.1, 0.15) is 12.1 Å². The van der Waals surface area contributed by atoms with Crippen molar-refractivity contribution in [3.8, 4) is 0 Å². The number of primary amides is 1. The Labute approximate surface area is 316 Å². The Kier molecular flexibility index (Phi) is 13.1. The number of urea groups is 1. The molecule has 0 bridgehead atoms. The van der Waals surface area contributed by atoms with Gasteiger partial charge in [0.25, 0.3) is 5.91 Å². The molecule has 14 heteroatoms. The van der Waals surface area contributed by atoms with E-state index < -0.39 is 73.9 Å². The molecule has 5 atom stereocenters. The minimum absolute atomic E-state index is 0.0137. The lowest BCUT2D eigenvalue weighted by atomic mass is 9.80. The van der Waals surface area contributed by atoms with E-state index in [1.165, 1.54) is 16.3 Å². The average Bonchev–Trinajstić information content (AvgIpc) is 3.68. The summed E-state index contributed by atoms with van der Waals surface area (Å²) in [5.74, 6) is -3.20. The fourth-order valence-electron chi connectivity index (χ4n) is 7.91. The summed E-state index contributed by atoms with van der Waals surface area (Å²) in [5.41, 5.74) is 7.00. The van der Waals surface area contributed by atoms with Gasteiger partial charge in [0, 0.05) is 26.2 Å². The van der Waals surface area contributed by atoms with E-state index >= 15 is 0 Å². The fraction of sp³-hybridized carbons (Fsp3) is 0.718. The first-order valence-electron chi connectivity index (χ1n) is 19.1. The van der Waals surface area contributed by atoms with Crippen LogP contribution < -0.4 is 21.7 Å². The molecule has 1 heterocycles. The first-order chi connectivity index (χ1) is 24.5. The van der Waals surface area contributed by atoms with Gasteiger partial charge in [-0.25, -0.2) is 17.5 Å². The maximum absolute atomic E-state index is 14.8. The number of nitrogens with zero attached hydrogens (tertiary/aromatic N) is 2. The maximum Gasteiger partial charge on any atom is 0.315 e. The zero-order valence-electron chi connectivity index (χ0n) is 33.0. The molecular weight excluding hydrogens is 697 g/mol. The monoisotopic (exact) mass is 758 g/mol. The fourth-order valence-corrected chi connectivity index (χ4v) is 9.19. The summed E-state index contributed by atoms with van der Waals surface area (Å²) < 4.78 is 26.7. The number of nitrogens with two attached hydrogens (primary N) is 1. The van der Waals surface area contributed by atoms with Gasteiger partial charge >= 0.3 is 6.03 Å². The number of hydrogen-bond donors (Lipinski definition) is 4. The summed E-state index contributed by atoms with van der Waals surface area (Å²) in [4.78, 5) is 69.4. The van der Waals surface area contributed by atoms with Crippen molar-refractivity contribution in [1.29, 1.82) is 0 Å². The van der Waals surface area contributed by atoms with Gasteiger partial charge < -0.3 is 26.6 Å². The van der Waals surface area contributed by atoms with Crippen molar-refractivity contribution in [2.45, 2.75) is 129 Å². The molecule has 1 aliphatic heterocycles. The zero-order valence-corrected chi connectivity index (χ0v) is 33.8. The standard InChI is InChI=1S/C39H62N6O7S/c1-23(2)28-17-18-45(32(28)35(48)41-29(33(46)34(40)47)19-24-13-12-14-24)36(49)31(27-20-25-15-10-11-16-26(25)21-27)43-37(50)42-30(38(3,4)5)22-44(9)53(51,52)39(6,7)8/h10-11,15-16,23-24,27-32H,12-14,17-22H2,1-9H3,(H2,40,47)(H,41,48)(H2,42,43,50)/t28?,29?,30-,31+,32+/m1/s1. The lowest BCUT2D eigenvalue weighted by Gasteiger charge is -2.37. The predicted octanol–water partition coefficient (Wildman–Crippen LogP) is 3.15. The van der Waals surface area contributed by atoms with E-state index in [4.69, 9.17) is 5.73 Å². The Morgan fingerprint density at radius 1 is 0.925 bits per heavy atom. The Balaban J connectivity index is 1.62. The molecular formula is C39H62N6O7S. The number of ketones is 1. The summed E-state index contributed by atoms with van der Waals surface area (Å²) in [5, 5.41) is 8.78. The van der Waals surface area contributed by atoms with Crippen LogP contribution in [-0.2, 0) is 42.0 Å². The maximum atomic E-state index is 14.8. The highest BCUT2D eigenvalue weighted by Crippen LogP contribution is 2.36. The molecule has 1 saturated heterocycles. The molecule has 13 nitrogen and oxygen atoms in total. The van der Waals surface area contributed by atoms with Gasteiger partial charge in [-0.1, -0.05) is 78.1 Å². The molecule has 5 amide bonds. The average molecular weight is 759 g/mol. The van der Waals surface area contributed by atoms with Crippen molar-refractivity contribution in [2.24, 2.45) is 34.8 Å².